The van der Waals surface area contributed by atoms with Crippen LogP contribution < -0.4 is 4.90 Å². The summed E-state index contributed by atoms with van der Waals surface area (Å²) in [7, 11) is 0. The molecule has 0 bridgehead atoms. The van der Waals surface area contributed by atoms with E-state index < -0.39 is 29.2 Å². The van der Waals surface area contributed by atoms with Crippen LogP contribution in [0.3, 0.4) is 0 Å². The van der Waals surface area contributed by atoms with Crippen LogP contribution in [-0.4, -0.2) is 23.6 Å². The Kier molecular flexibility index (Phi) is 5.54. The van der Waals surface area contributed by atoms with E-state index in [-0.39, 0.29) is 0 Å². The largest absolute Gasteiger partial charge is 0.443 e. The summed E-state index contributed by atoms with van der Waals surface area (Å²) in [4.78, 5) is 41.3. The maximum Gasteiger partial charge on any atom is 0.421 e. The molecular formula is C27H25NO5. The third kappa shape index (κ3) is 4.00. The molecule has 0 saturated heterocycles. The topological polar surface area (TPSA) is 72.9 Å². The van der Waals surface area contributed by atoms with Crippen LogP contribution in [0.15, 0.2) is 78.9 Å². The Hall–Kier alpha value is -3.93. The van der Waals surface area contributed by atoms with Gasteiger partial charge in [0.05, 0.1) is 11.3 Å². The van der Waals surface area contributed by atoms with Gasteiger partial charge in [0.1, 0.15) is 5.60 Å². The number of aryl methyl sites for hydroxylation is 1. The number of carbonyl (C=O) groups is 3. The summed E-state index contributed by atoms with van der Waals surface area (Å²) in [6, 6.07) is 22.4. The lowest BCUT2D eigenvalue weighted by Crippen LogP contribution is -2.48. The number of imide groups is 1. The van der Waals surface area contributed by atoms with Gasteiger partial charge in [-0.05, 0) is 45.9 Å². The van der Waals surface area contributed by atoms with Crippen molar-refractivity contribution in [3.05, 3.63) is 101 Å². The van der Waals surface area contributed by atoms with E-state index in [9.17, 15) is 14.4 Å². The zero-order valence-electron chi connectivity index (χ0n) is 19.0. The van der Waals surface area contributed by atoms with Crippen LogP contribution in [-0.2, 0) is 19.9 Å². The molecule has 0 spiro atoms. The monoisotopic (exact) mass is 443 g/mol. The van der Waals surface area contributed by atoms with E-state index >= 15 is 0 Å². The van der Waals surface area contributed by atoms with E-state index in [1.54, 1.807) is 87.5 Å². The molecule has 0 unspecified atom stereocenters. The number of para-hydroxylation sites is 1. The number of amides is 2. The van der Waals surface area contributed by atoms with Crippen molar-refractivity contribution in [3.63, 3.8) is 0 Å². The number of fused-ring (bicyclic) bond motifs is 1. The molecular weight excluding hydrogens is 418 g/mol. The molecule has 33 heavy (non-hydrogen) atoms. The zero-order valence-corrected chi connectivity index (χ0v) is 19.0. The van der Waals surface area contributed by atoms with Gasteiger partial charge >= 0.3 is 12.1 Å². The molecule has 3 aromatic carbocycles. The normalized spacial score (nSPS) is 17.5. The number of benzene rings is 3. The number of carbonyl (C=O) groups excluding carboxylic acids is 3. The summed E-state index contributed by atoms with van der Waals surface area (Å²) < 4.78 is 11.5. The summed E-state index contributed by atoms with van der Waals surface area (Å²) >= 11 is 0. The lowest BCUT2D eigenvalue weighted by molar-refractivity contribution is -0.133. The Morgan fingerprint density at radius 3 is 2.09 bits per heavy atom. The minimum Gasteiger partial charge on any atom is -0.443 e. The van der Waals surface area contributed by atoms with Crippen molar-refractivity contribution in [2.75, 3.05) is 4.90 Å². The van der Waals surface area contributed by atoms with Gasteiger partial charge in [-0.2, -0.15) is 0 Å². The van der Waals surface area contributed by atoms with Gasteiger partial charge in [0.15, 0.2) is 0 Å². The first-order chi connectivity index (χ1) is 15.6. The fraction of sp³-hybridized carbons (Fsp3) is 0.222. The molecule has 3 aromatic rings. The van der Waals surface area contributed by atoms with Crippen LogP contribution >= 0.6 is 0 Å². The second-order valence-corrected chi connectivity index (χ2v) is 8.94. The van der Waals surface area contributed by atoms with Gasteiger partial charge < -0.3 is 9.47 Å². The third-order valence-electron chi connectivity index (χ3n) is 5.32. The van der Waals surface area contributed by atoms with Crippen LogP contribution in [0.5, 0.6) is 0 Å². The number of esters is 1. The van der Waals surface area contributed by atoms with Gasteiger partial charge in [0.2, 0.25) is 5.60 Å². The molecule has 0 aromatic heterocycles. The molecule has 2 amide bonds. The van der Waals surface area contributed by atoms with Crippen molar-refractivity contribution in [1.82, 2.24) is 0 Å². The van der Waals surface area contributed by atoms with Gasteiger partial charge in [-0.1, -0.05) is 66.2 Å². The fourth-order valence-electron chi connectivity index (χ4n) is 3.83. The molecule has 0 fully saturated rings. The highest BCUT2D eigenvalue weighted by atomic mass is 16.6. The van der Waals surface area contributed by atoms with Crippen molar-refractivity contribution in [2.24, 2.45) is 0 Å². The molecule has 168 valence electrons. The predicted octanol–water partition coefficient (Wildman–Crippen LogP) is 5.38. The molecule has 1 aliphatic rings. The SMILES string of the molecule is Cc1ccc([C@@]2(OC(=O)c3ccccc3)C(=O)N(C(=O)OC(C)(C)C)c3ccccc32)cc1. The van der Waals surface area contributed by atoms with Gasteiger partial charge in [0.25, 0.3) is 5.91 Å². The lowest BCUT2D eigenvalue weighted by atomic mass is 9.86. The maximum absolute atomic E-state index is 14.0. The number of hydrogen-bond donors (Lipinski definition) is 0. The van der Waals surface area contributed by atoms with Crippen molar-refractivity contribution in [3.8, 4) is 0 Å². The summed E-state index contributed by atoms with van der Waals surface area (Å²) in [5, 5.41) is 0. The molecule has 6 nitrogen and oxygen atoms in total. The molecule has 1 heterocycles. The number of hydrogen-bond acceptors (Lipinski definition) is 5. The molecule has 4 rings (SSSR count). The second kappa shape index (κ2) is 8.20. The minimum absolute atomic E-state index is 0.296. The van der Waals surface area contributed by atoms with E-state index in [0.717, 1.165) is 10.5 Å². The van der Waals surface area contributed by atoms with Crippen molar-refractivity contribution in [2.45, 2.75) is 38.9 Å². The highest BCUT2D eigenvalue weighted by Gasteiger charge is 2.58. The first kappa shape index (κ1) is 22.3. The summed E-state index contributed by atoms with van der Waals surface area (Å²) in [6.07, 6.45) is -0.829. The highest BCUT2D eigenvalue weighted by Crippen LogP contribution is 2.48. The highest BCUT2D eigenvalue weighted by molar-refractivity contribution is 6.22. The van der Waals surface area contributed by atoms with Crippen molar-refractivity contribution >= 4 is 23.7 Å². The van der Waals surface area contributed by atoms with E-state index in [4.69, 9.17) is 9.47 Å². The van der Waals surface area contributed by atoms with Crippen molar-refractivity contribution < 1.29 is 23.9 Å². The minimum atomic E-state index is -1.84. The first-order valence-electron chi connectivity index (χ1n) is 10.7. The van der Waals surface area contributed by atoms with Crippen LogP contribution in [0.4, 0.5) is 10.5 Å². The molecule has 0 N–H and O–H groups in total. The lowest BCUT2D eigenvalue weighted by Gasteiger charge is -2.29. The average molecular weight is 443 g/mol. The Morgan fingerprint density at radius 1 is 0.848 bits per heavy atom. The number of nitrogens with zero attached hydrogens (tertiary/aromatic N) is 1. The Labute approximate surface area is 192 Å². The van der Waals surface area contributed by atoms with Crippen molar-refractivity contribution in [1.29, 1.82) is 0 Å². The summed E-state index contributed by atoms with van der Waals surface area (Å²) in [5.74, 6) is -1.38. The number of rotatable bonds is 3. The van der Waals surface area contributed by atoms with Crippen LogP contribution in [0.1, 0.15) is 47.8 Å². The van der Waals surface area contributed by atoms with E-state index in [1.165, 1.54) is 0 Å². The van der Waals surface area contributed by atoms with Crippen LogP contribution in [0, 0.1) is 6.92 Å². The summed E-state index contributed by atoms with van der Waals surface area (Å²) in [5.41, 5.74) is -0.222. The van der Waals surface area contributed by atoms with Crippen LogP contribution in [0.25, 0.3) is 0 Å². The van der Waals surface area contributed by atoms with Crippen LogP contribution in [0.2, 0.25) is 0 Å². The van der Waals surface area contributed by atoms with E-state index in [2.05, 4.69) is 0 Å². The predicted molar refractivity (Wildman–Crippen MR) is 124 cm³/mol. The summed E-state index contributed by atoms with van der Waals surface area (Å²) in [6.45, 7) is 7.09. The quantitative estimate of drug-likeness (QED) is 0.509. The Morgan fingerprint density at radius 2 is 1.45 bits per heavy atom. The Balaban J connectivity index is 1.90. The zero-order chi connectivity index (χ0) is 23.8. The smallest absolute Gasteiger partial charge is 0.421 e. The standard InChI is InChI=1S/C27H25NO5/c1-18-14-16-20(17-15-18)27(32-23(29)19-10-6-5-7-11-19)21-12-8-9-13-22(21)28(24(27)30)25(31)33-26(2,3)4/h5-17H,1-4H3/t27-/m0/s1. The number of ether oxygens (including phenoxy) is 2. The molecule has 0 radical (unpaired) electrons. The first-order valence-corrected chi connectivity index (χ1v) is 10.7. The Bertz CT molecular complexity index is 1210. The molecule has 1 atom stereocenters. The van der Waals surface area contributed by atoms with E-state index in [1.807, 2.05) is 19.1 Å². The molecule has 1 aliphatic heterocycles. The average Bonchev–Trinajstić information content (AvgIpc) is 3.02. The second-order valence-electron chi connectivity index (χ2n) is 8.94. The maximum atomic E-state index is 14.0. The number of anilines is 1. The molecule has 0 aliphatic carbocycles. The van der Waals surface area contributed by atoms with Gasteiger partial charge in [0, 0.05) is 11.1 Å². The van der Waals surface area contributed by atoms with Gasteiger partial charge in [-0.3, -0.25) is 4.79 Å². The van der Waals surface area contributed by atoms with Gasteiger partial charge in [-0.15, -0.1) is 0 Å². The molecule has 0 saturated carbocycles. The fourth-order valence-corrected chi connectivity index (χ4v) is 3.83. The van der Waals surface area contributed by atoms with E-state index in [0.29, 0.717) is 22.4 Å². The molecule has 6 heteroatoms. The third-order valence-corrected chi connectivity index (χ3v) is 5.32. The van der Waals surface area contributed by atoms with Gasteiger partial charge in [-0.25, -0.2) is 14.5 Å².